The van der Waals surface area contributed by atoms with Crippen molar-refractivity contribution >= 4 is 5.91 Å². The maximum Gasteiger partial charge on any atom is 0.225 e. The summed E-state index contributed by atoms with van der Waals surface area (Å²) in [5, 5.41) is 10.1. The van der Waals surface area contributed by atoms with Crippen LogP contribution in [0.3, 0.4) is 0 Å². The average molecular weight is 286 g/mol. The van der Waals surface area contributed by atoms with E-state index in [1.807, 2.05) is 46.0 Å². The van der Waals surface area contributed by atoms with E-state index in [-0.39, 0.29) is 11.9 Å². The molecule has 1 amide bonds. The standard InChI is InChI=1S/C16H22N4O/c1-5-14(15-7-6-10(2)9-17-15)18-16(21)8-13-11(3)19-20-12(13)4/h6-7,9,14H,5,8H2,1-4H3,(H,18,21)(H,19,20)/t14-/m1/s1. The monoisotopic (exact) mass is 286 g/mol. The molecule has 0 aliphatic rings. The van der Waals surface area contributed by atoms with Gasteiger partial charge in [-0.15, -0.1) is 0 Å². The number of hydrogen-bond acceptors (Lipinski definition) is 3. The van der Waals surface area contributed by atoms with E-state index in [1.54, 1.807) is 0 Å². The lowest BCUT2D eigenvalue weighted by Crippen LogP contribution is -2.30. The minimum absolute atomic E-state index is 0.00294. The summed E-state index contributed by atoms with van der Waals surface area (Å²) in [5.74, 6) is -0.00294. The summed E-state index contributed by atoms with van der Waals surface area (Å²) in [6.45, 7) is 7.88. The van der Waals surface area contributed by atoms with E-state index in [2.05, 4.69) is 20.5 Å². The zero-order valence-corrected chi connectivity index (χ0v) is 13.0. The quantitative estimate of drug-likeness (QED) is 0.887. The van der Waals surface area contributed by atoms with Crippen molar-refractivity contribution in [2.24, 2.45) is 0 Å². The Labute approximate surface area is 125 Å². The van der Waals surface area contributed by atoms with Gasteiger partial charge >= 0.3 is 0 Å². The van der Waals surface area contributed by atoms with Crippen molar-refractivity contribution in [1.82, 2.24) is 20.5 Å². The number of carbonyl (C=O) groups excluding carboxylic acids is 1. The first-order valence-electron chi connectivity index (χ1n) is 7.23. The Kier molecular flexibility index (Phi) is 4.73. The molecular formula is C16H22N4O. The normalized spacial score (nSPS) is 12.2. The molecular weight excluding hydrogens is 264 g/mol. The molecule has 2 rings (SSSR count). The van der Waals surface area contributed by atoms with E-state index in [4.69, 9.17) is 0 Å². The highest BCUT2D eigenvalue weighted by atomic mass is 16.1. The second-order valence-electron chi connectivity index (χ2n) is 5.38. The SMILES string of the molecule is CC[C@@H](NC(=O)Cc1c(C)n[nH]c1C)c1ccc(C)cn1. The Hall–Kier alpha value is -2.17. The van der Waals surface area contributed by atoms with E-state index in [0.29, 0.717) is 6.42 Å². The third-order valence-electron chi connectivity index (χ3n) is 3.65. The number of nitrogens with zero attached hydrogens (tertiary/aromatic N) is 2. The van der Waals surface area contributed by atoms with Crippen LogP contribution < -0.4 is 5.32 Å². The van der Waals surface area contributed by atoms with Crippen molar-refractivity contribution in [3.63, 3.8) is 0 Å². The van der Waals surface area contributed by atoms with Gasteiger partial charge in [-0.1, -0.05) is 13.0 Å². The highest BCUT2D eigenvalue weighted by molar-refractivity contribution is 5.79. The number of pyridine rings is 1. The maximum absolute atomic E-state index is 12.2. The van der Waals surface area contributed by atoms with Gasteiger partial charge in [0.15, 0.2) is 0 Å². The van der Waals surface area contributed by atoms with Gasteiger partial charge in [-0.05, 0) is 38.8 Å². The van der Waals surface area contributed by atoms with E-state index < -0.39 is 0 Å². The maximum atomic E-state index is 12.2. The molecule has 0 aliphatic carbocycles. The lowest BCUT2D eigenvalue weighted by molar-refractivity contribution is -0.121. The third kappa shape index (κ3) is 3.68. The first-order valence-corrected chi connectivity index (χ1v) is 7.23. The second kappa shape index (κ2) is 6.52. The average Bonchev–Trinajstić information content (AvgIpc) is 2.78. The lowest BCUT2D eigenvalue weighted by Gasteiger charge is -2.16. The number of aromatic nitrogens is 3. The van der Waals surface area contributed by atoms with Crippen LogP contribution in [-0.2, 0) is 11.2 Å². The van der Waals surface area contributed by atoms with E-state index in [1.165, 1.54) is 0 Å². The van der Waals surface area contributed by atoms with Crippen LogP contribution in [0, 0.1) is 20.8 Å². The van der Waals surface area contributed by atoms with Crippen molar-refractivity contribution in [3.8, 4) is 0 Å². The van der Waals surface area contributed by atoms with Crippen molar-refractivity contribution in [2.45, 2.75) is 46.6 Å². The highest BCUT2D eigenvalue weighted by Gasteiger charge is 2.16. The lowest BCUT2D eigenvalue weighted by atomic mass is 10.1. The topological polar surface area (TPSA) is 70.7 Å². The number of rotatable bonds is 5. The molecule has 21 heavy (non-hydrogen) atoms. The molecule has 112 valence electrons. The van der Waals surface area contributed by atoms with Crippen molar-refractivity contribution in [1.29, 1.82) is 0 Å². The summed E-state index contributed by atoms with van der Waals surface area (Å²) in [7, 11) is 0. The number of nitrogens with one attached hydrogen (secondary N) is 2. The van der Waals surface area contributed by atoms with Gasteiger partial charge < -0.3 is 5.32 Å². The molecule has 0 aromatic carbocycles. The van der Waals surface area contributed by atoms with E-state index in [0.717, 1.165) is 34.6 Å². The fourth-order valence-corrected chi connectivity index (χ4v) is 2.31. The Bertz CT molecular complexity index is 596. The highest BCUT2D eigenvalue weighted by Crippen LogP contribution is 2.16. The number of carbonyl (C=O) groups is 1. The first-order chi connectivity index (χ1) is 10.0. The Morgan fingerprint density at radius 3 is 2.62 bits per heavy atom. The molecule has 0 bridgehead atoms. The predicted octanol–water partition coefficient (Wildman–Crippen LogP) is 2.54. The summed E-state index contributed by atoms with van der Waals surface area (Å²) in [6.07, 6.45) is 2.98. The van der Waals surface area contributed by atoms with Gasteiger partial charge in [-0.2, -0.15) is 5.10 Å². The second-order valence-corrected chi connectivity index (χ2v) is 5.38. The minimum Gasteiger partial charge on any atom is -0.347 e. The van der Waals surface area contributed by atoms with Crippen LogP contribution in [0.1, 0.15) is 47.6 Å². The van der Waals surface area contributed by atoms with Crippen LogP contribution in [0.5, 0.6) is 0 Å². The van der Waals surface area contributed by atoms with E-state index >= 15 is 0 Å². The molecule has 0 saturated heterocycles. The Balaban J connectivity index is 2.05. The van der Waals surface area contributed by atoms with Crippen LogP contribution in [0.25, 0.3) is 0 Å². The van der Waals surface area contributed by atoms with Gasteiger partial charge in [-0.25, -0.2) is 0 Å². The molecule has 0 unspecified atom stereocenters. The molecule has 2 aromatic rings. The molecule has 1 atom stereocenters. The smallest absolute Gasteiger partial charge is 0.225 e. The van der Waals surface area contributed by atoms with Gasteiger partial charge in [-0.3, -0.25) is 14.9 Å². The number of H-pyrrole nitrogens is 1. The van der Waals surface area contributed by atoms with Crippen molar-refractivity contribution in [3.05, 3.63) is 46.5 Å². The molecule has 2 aromatic heterocycles. The summed E-state index contributed by atoms with van der Waals surface area (Å²) in [5.41, 5.74) is 4.81. The molecule has 5 nitrogen and oxygen atoms in total. The van der Waals surface area contributed by atoms with Crippen LogP contribution in [-0.4, -0.2) is 21.1 Å². The molecule has 0 aliphatic heterocycles. The van der Waals surface area contributed by atoms with Crippen LogP contribution in [0.2, 0.25) is 0 Å². The van der Waals surface area contributed by atoms with Crippen LogP contribution in [0.15, 0.2) is 18.3 Å². The van der Waals surface area contributed by atoms with Gasteiger partial charge in [0, 0.05) is 17.5 Å². The van der Waals surface area contributed by atoms with Crippen molar-refractivity contribution in [2.75, 3.05) is 0 Å². The zero-order valence-electron chi connectivity index (χ0n) is 13.0. The number of hydrogen-bond donors (Lipinski definition) is 2. The number of aromatic amines is 1. The molecule has 2 heterocycles. The van der Waals surface area contributed by atoms with Gasteiger partial charge in [0.1, 0.15) is 0 Å². The fraction of sp³-hybridized carbons (Fsp3) is 0.438. The van der Waals surface area contributed by atoms with Gasteiger partial charge in [0.25, 0.3) is 0 Å². The first kappa shape index (κ1) is 15.2. The summed E-state index contributed by atoms with van der Waals surface area (Å²) in [4.78, 5) is 16.6. The van der Waals surface area contributed by atoms with Crippen molar-refractivity contribution < 1.29 is 4.79 Å². The number of amides is 1. The zero-order chi connectivity index (χ0) is 15.4. The third-order valence-corrected chi connectivity index (χ3v) is 3.65. The largest absolute Gasteiger partial charge is 0.347 e. The number of aryl methyl sites for hydroxylation is 3. The molecule has 0 saturated carbocycles. The van der Waals surface area contributed by atoms with E-state index in [9.17, 15) is 4.79 Å². The van der Waals surface area contributed by atoms with Crippen LogP contribution in [0.4, 0.5) is 0 Å². The molecule has 5 heteroatoms. The fourth-order valence-electron chi connectivity index (χ4n) is 2.31. The minimum atomic E-state index is -0.0504. The van der Waals surface area contributed by atoms with Gasteiger partial charge in [0.05, 0.1) is 23.9 Å². The molecule has 2 N–H and O–H groups in total. The summed E-state index contributed by atoms with van der Waals surface area (Å²) in [6, 6.07) is 3.94. The molecule has 0 radical (unpaired) electrons. The Morgan fingerprint density at radius 2 is 2.10 bits per heavy atom. The Morgan fingerprint density at radius 1 is 1.33 bits per heavy atom. The molecule has 0 fully saturated rings. The summed E-state index contributed by atoms with van der Waals surface area (Å²) < 4.78 is 0. The summed E-state index contributed by atoms with van der Waals surface area (Å²) >= 11 is 0. The van der Waals surface area contributed by atoms with Gasteiger partial charge in [0.2, 0.25) is 5.91 Å². The predicted molar refractivity (Wildman–Crippen MR) is 81.9 cm³/mol. The van der Waals surface area contributed by atoms with Crippen LogP contribution >= 0.6 is 0 Å². The molecule has 0 spiro atoms.